The average Bonchev–Trinajstić information content (AvgIpc) is 3.54. The number of thiophene rings is 1. The number of hydrogen-bond donors (Lipinski definition) is 4. The zero-order valence-electron chi connectivity index (χ0n) is 48.6. The van der Waals surface area contributed by atoms with Crippen molar-refractivity contribution in [2.75, 3.05) is 93.0 Å². The van der Waals surface area contributed by atoms with Crippen LogP contribution >= 0.6 is 11.3 Å². The maximum Gasteiger partial charge on any atom is 0.328 e. The largest absolute Gasteiger partial charge is 0.495 e. The predicted octanol–water partition coefficient (Wildman–Crippen LogP) is 5.15. The van der Waals surface area contributed by atoms with Gasteiger partial charge in [0, 0.05) is 65.2 Å². The van der Waals surface area contributed by atoms with Crippen LogP contribution in [0.5, 0.6) is 17.2 Å². The fourth-order valence-electron chi connectivity index (χ4n) is 10.9. The van der Waals surface area contributed by atoms with Gasteiger partial charge in [-0.3, -0.25) is 19.4 Å². The van der Waals surface area contributed by atoms with Crippen molar-refractivity contribution in [3.05, 3.63) is 136 Å². The first kappa shape index (κ1) is 64.5. The molecular weight excluding hydrogens is 1150 g/mol. The monoisotopic (exact) mass is 1230 g/mol. The van der Waals surface area contributed by atoms with E-state index in [2.05, 4.69) is 20.4 Å². The van der Waals surface area contributed by atoms with Gasteiger partial charge in [0.05, 0.1) is 42.1 Å². The molecule has 0 radical (unpaired) electrons. The van der Waals surface area contributed by atoms with E-state index in [1.165, 1.54) is 39.2 Å². The number of aliphatic carboxylic acids is 1. The first-order valence-corrected chi connectivity index (χ1v) is 32.4. The molecule has 0 aliphatic carbocycles. The number of methoxy groups -OCH3 is 2. The number of nitrogens with zero attached hydrogens (tertiary/aromatic N) is 4. The van der Waals surface area contributed by atoms with Crippen molar-refractivity contribution in [1.29, 1.82) is 0 Å². The molecule has 4 saturated heterocycles. The molecule has 0 unspecified atom stereocenters. The summed E-state index contributed by atoms with van der Waals surface area (Å²) < 4.78 is 83.1. The van der Waals surface area contributed by atoms with Gasteiger partial charge in [-0.2, -0.15) is 8.61 Å². The molecule has 4 fully saturated rings. The Balaban J connectivity index is 0.000000226. The molecule has 5 heterocycles. The number of hydrogen-bond acceptors (Lipinski definition) is 17. The lowest BCUT2D eigenvalue weighted by molar-refractivity contribution is -0.145. The van der Waals surface area contributed by atoms with Gasteiger partial charge in [0.25, 0.3) is 0 Å². The number of carbonyl (C=O) groups is 4. The van der Waals surface area contributed by atoms with E-state index in [1.54, 1.807) is 61.7 Å². The standard InChI is InChI=1S/C34H43N3O8S2.C27H35N3O7S/c1-24-6-12-27(13-7-24)47(41,42)37-17-4-5-29(37)32(38)35-28(33(39)44-3)23-25-8-10-26(11-9-25)45-21-20-36-18-15-34(40,16-19-36)31-30(43-2)14-22-46-31;1-20-7-9-23(10-8-20)38(34,35)30-11-3-6-25(30)26(31)28-24(27(32)33)19-21-4-2-5-22(18-21)37-17-14-29-12-15-36-16-13-29/h6-14,22,28-29,40H,4-5,15-21,23H2,1-3H3,(H,35,38);2,4-5,7-10,18,24-25H,3,6,11-17,19H2,1H3,(H,28,31)(H,32,33)/t28-,29-;24-,25-/m00/s1. The van der Waals surface area contributed by atoms with Crippen LogP contribution in [0.25, 0.3) is 0 Å². The van der Waals surface area contributed by atoms with Crippen LogP contribution in [0, 0.1) is 13.8 Å². The average molecular weight is 1230 g/mol. The number of likely N-dealkylation sites (tertiary alicyclic amines) is 1. The summed E-state index contributed by atoms with van der Waals surface area (Å²) in [6.45, 7) is 11.3. The fraction of sp³-hybridized carbons (Fsp3) is 0.475. The number of esters is 1. The minimum Gasteiger partial charge on any atom is -0.495 e. The third kappa shape index (κ3) is 16.9. The number of amides is 2. The predicted molar refractivity (Wildman–Crippen MR) is 319 cm³/mol. The summed E-state index contributed by atoms with van der Waals surface area (Å²) in [5.41, 5.74) is 2.46. The zero-order chi connectivity index (χ0) is 60.7. The number of sulfonamides is 2. The van der Waals surface area contributed by atoms with Crippen LogP contribution in [0.15, 0.2) is 118 Å². The number of carboxylic acid groups (broad SMARTS) is 1. The number of aryl methyl sites for hydroxylation is 2. The maximum absolute atomic E-state index is 13.4. The molecule has 0 spiro atoms. The fourth-order valence-corrected chi connectivity index (χ4v) is 15.2. The molecule has 5 aromatic rings. The Labute approximate surface area is 502 Å². The molecular formula is C61H78N6O15S3. The van der Waals surface area contributed by atoms with Crippen LogP contribution in [0.2, 0.25) is 0 Å². The van der Waals surface area contributed by atoms with E-state index in [9.17, 15) is 46.2 Å². The number of piperidine rings is 1. The van der Waals surface area contributed by atoms with Gasteiger partial charge in [-0.05, 0) is 123 Å². The molecule has 460 valence electrons. The molecule has 2 amide bonds. The highest BCUT2D eigenvalue weighted by Gasteiger charge is 2.43. The number of aliphatic hydroxyl groups is 1. The van der Waals surface area contributed by atoms with Gasteiger partial charge in [0.2, 0.25) is 31.9 Å². The summed E-state index contributed by atoms with van der Waals surface area (Å²) in [4.78, 5) is 56.9. The van der Waals surface area contributed by atoms with Crippen LogP contribution in [0.1, 0.15) is 65.7 Å². The van der Waals surface area contributed by atoms with Crippen LogP contribution in [0.3, 0.4) is 0 Å². The molecule has 4 aromatic carbocycles. The van der Waals surface area contributed by atoms with E-state index >= 15 is 0 Å². The second kappa shape index (κ2) is 29.8. The topological polar surface area (TPSA) is 260 Å². The third-order valence-electron chi connectivity index (χ3n) is 15.8. The zero-order valence-corrected chi connectivity index (χ0v) is 51.0. The van der Waals surface area contributed by atoms with Crippen LogP contribution < -0.4 is 24.8 Å². The van der Waals surface area contributed by atoms with Crippen LogP contribution in [0.4, 0.5) is 0 Å². The molecule has 1 aromatic heterocycles. The Bertz CT molecular complexity index is 3260. The molecule has 21 nitrogen and oxygen atoms in total. The second-order valence-electron chi connectivity index (χ2n) is 21.7. The minimum absolute atomic E-state index is 0.0408. The summed E-state index contributed by atoms with van der Waals surface area (Å²) in [6.07, 6.45) is 3.20. The number of ether oxygens (including phenoxy) is 5. The SMILES string of the molecule is COC(=O)[C@H](Cc1ccc(OCCN2CCC(O)(c3sccc3OC)CC2)cc1)NC(=O)[C@@H]1CCCN1S(=O)(=O)c1ccc(C)cc1.Cc1ccc(S(=O)(=O)N2CCC[C@H]2C(=O)N[C@@H](Cc2cccc(OCCN3CCOCC3)c2)C(=O)O)cc1. The van der Waals surface area contributed by atoms with Gasteiger partial charge in [0.1, 0.15) is 60.2 Å². The van der Waals surface area contributed by atoms with Crippen molar-refractivity contribution in [3.8, 4) is 17.2 Å². The van der Waals surface area contributed by atoms with E-state index < -0.39 is 73.6 Å². The smallest absolute Gasteiger partial charge is 0.328 e. The summed E-state index contributed by atoms with van der Waals surface area (Å²) in [7, 11) is -4.90. The lowest BCUT2D eigenvalue weighted by Gasteiger charge is -2.37. The number of carbonyl (C=O) groups excluding carboxylic acids is 3. The Morgan fingerprint density at radius 1 is 0.659 bits per heavy atom. The lowest BCUT2D eigenvalue weighted by Crippen LogP contribution is -2.51. The highest BCUT2D eigenvalue weighted by molar-refractivity contribution is 7.89. The molecule has 4 aliphatic rings. The van der Waals surface area contributed by atoms with Gasteiger partial charge >= 0.3 is 11.9 Å². The van der Waals surface area contributed by atoms with Gasteiger partial charge in [0.15, 0.2) is 0 Å². The lowest BCUT2D eigenvalue weighted by atomic mass is 9.89. The van der Waals surface area contributed by atoms with E-state index in [1.807, 2.05) is 55.6 Å². The van der Waals surface area contributed by atoms with Crippen molar-refractivity contribution in [3.63, 3.8) is 0 Å². The van der Waals surface area contributed by atoms with Crippen LogP contribution in [-0.2, 0) is 67.1 Å². The van der Waals surface area contributed by atoms with Gasteiger partial charge in [-0.15, -0.1) is 11.3 Å². The molecule has 4 aliphatic heterocycles. The summed E-state index contributed by atoms with van der Waals surface area (Å²) in [5.74, 6) is -0.909. The van der Waals surface area contributed by atoms with Gasteiger partial charge in [-0.25, -0.2) is 26.4 Å². The van der Waals surface area contributed by atoms with Gasteiger partial charge in [-0.1, -0.05) is 59.7 Å². The van der Waals surface area contributed by atoms with E-state index in [0.717, 1.165) is 60.0 Å². The molecule has 0 saturated carbocycles. The van der Waals surface area contributed by atoms with Crippen molar-refractivity contribution < 1.29 is 69.9 Å². The molecule has 85 heavy (non-hydrogen) atoms. The summed E-state index contributed by atoms with van der Waals surface area (Å²) in [6, 6.07) is 25.2. The van der Waals surface area contributed by atoms with Gasteiger partial charge < -0.3 is 44.5 Å². The van der Waals surface area contributed by atoms with E-state index in [-0.39, 0.29) is 35.7 Å². The van der Waals surface area contributed by atoms with Crippen molar-refractivity contribution in [2.45, 2.75) is 105 Å². The highest BCUT2D eigenvalue weighted by Crippen LogP contribution is 2.41. The minimum atomic E-state index is -3.89. The molecule has 24 heteroatoms. The number of carboxylic acids is 1. The number of morpholine rings is 1. The molecule has 9 rings (SSSR count). The number of rotatable bonds is 24. The molecule has 4 N–H and O–H groups in total. The Morgan fingerprint density at radius 3 is 1.71 bits per heavy atom. The van der Waals surface area contributed by atoms with E-state index in [4.69, 9.17) is 23.7 Å². The van der Waals surface area contributed by atoms with Crippen LogP contribution in [-0.4, -0.2) is 186 Å². The molecule has 4 atom stereocenters. The number of benzene rings is 4. The Kier molecular flexibility index (Phi) is 22.6. The highest BCUT2D eigenvalue weighted by atomic mass is 32.2. The van der Waals surface area contributed by atoms with E-state index in [0.29, 0.717) is 88.6 Å². The third-order valence-corrected chi connectivity index (χ3v) is 20.7. The van der Waals surface area contributed by atoms with Crippen molar-refractivity contribution >= 4 is 55.1 Å². The number of nitrogens with one attached hydrogen (secondary N) is 2. The molecule has 0 bridgehead atoms. The summed E-state index contributed by atoms with van der Waals surface area (Å²) in [5, 5.41) is 28.3. The first-order chi connectivity index (χ1) is 40.8. The quantitative estimate of drug-likeness (QED) is 0.0582. The second-order valence-corrected chi connectivity index (χ2v) is 26.4. The van der Waals surface area contributed by atoms with Crippen molar-refractivity contribution in [2.24, 2.45) is 0 Å². The maximum atomic E-state index is 13.4. The Morgan fingerprint density at radius 2 is 1.18 bits per heavy atom. The first-order valence-electron chi connectivity index (χ1n) is 28.7. The van der Waals surface area contributed by atoms with Crippen molar-refractivity contribution in [1.82, 2.24) is 29.0 Å². The normalized spacial score (nSPS) is 19.4. The summed E-state index contributed by atoms with van der Waals surface area (Å²) >= 11 is 1.52. The Hall–Kier alpha value is -6.48.